The molecule has 33 heavy (non-hydrogen) atoms. The molecule has 1 spiro atoms. The molecule has 0 aliphatic carbocycles. The predicted octanol–water partition coefficient (Wildman–Crippen LogP) is 2.27. The minimum Gasteiger partial charge on any atom is -0.206 e. The molecule has 2 aliphatic rings. The fraction of sp³-hybridized carbons (Fsp3) is 0.263. The first kappa shape index (κ1) is 19.8. The lowest BCUT2D eigenvalue weighted by Gasteiger charge is -2.15. The average molecular weight is 466 g/mol. The summed E-state index contributed by atoms with van der Waals surface area (Å²) in [7, 11) is 0. The highest BCUT2D eigenvalue weighted by Gasteiger charge is 2.71. The smallest absolute Gasteiger partial charge is 0.206 e. The highest BCUT2D eigenvalue weighted by molar-refractivity contribution is 5.53. The van der Waals surface area contributed by atoms with Crippen molar-refractivity contribution in [3.63, 3.8) is 0 Å². The monoisotopic (exact) mass is 466 g/mol. The Morgan fingerprint density at radius 1 is 0.788 bits per heavy atom. The van der Waals surface area contributed by atoms with E-state index < -0.39 is 29.7 Å². The van der Waals surface area contributed by atoms with Crippen LogP contribution in [0.2, 0.25) is 0 Å². The lowest BCUT2D eigenvalue weighted by molar-refractivity contribution is -0.990. The van der Waals surface area contributed by atoms with Crippen molar-refractivity contribution in [2.75, 3.05) is 0 Å². The van der Waals surface area contributed by atoms with Gasteiger partial charge in [-0.25, -0.2) is 4.98 Å². The molecule has 168 valence electrons. The molecule has 0 fully saturated rings. The Hall–Kier alpha value is -3.84. The maximum absolute atomic E-state index is 13.5. The van der Waals surface area contributed by atoms with Gasteiger partial charge in [-0.15, -0.1) is 10.2 Å². The molecular formula is C19H12F6N8+2. The van der Waals surface area contributed by atoms with Crippen molar-refractivity contribution >= 4 is 0 Å². The van der Waals surface area contributed by atoms with E-state index in [9.17, 15) is 26.3 Å². The molecular weight excluding hydrogens is 454 g/mol. The summed E-state index contributed by atoms with van der Waals surface area (Å²) in [5.41, 5.74) is 0.116. The number of nitrogens with zero attached hydrogens (tertiary/aromatic N) is 8. The van der Waals surface area contributed by atoms with E-state index in [-0.39, 0.29) is 28.9 Å². The molecule has 1 unspecified atom stereocenters. The van der Waals surface area contributed by atoms with E-state index in [1.807, 2.05) is 0 Å². The standard InChI is InChI=1S/C19H12F6N8/c1-9-3-5-30-12(7-9)15-27-16(18(23,24)25)29-33(15)19(30)31-6-4-11(17(20,21)22)8-13(31)14-26-10(2)28-32(14)19/h3-8H,1-2H3/q+2. The summed E-state index contributed by atoms with van der Waals surface area (Å²) in [5.74, 6) is -2.96. The normalized spacial score (nSPS) is 18.4. The van der Waals surface area contributed by atoms with Crippen molar-refractivity contribution in [1.29, 1.82) is 0 Å². The van der Waals surface area contributed by atoms with Crippen LogP contribution in [0.15, 0.2) is 36.7 Å². The minimum absolute atomic E-state index is 0.0151. The Balaban J connectivity index is 1.77. The summed E-state index contributed by atoms with van der Waals surface area (Å²) in [6, 6.07) is 5.08. The van der Waals surface area contributed by atoms with E-state index in [2.05, 4.69) is 20.2 Å². The number of aryl methyl sites for hydroxylation is 2. The summed E-state index contributed by atoms with van der Waals surface area (Å²) in [6.07, 6.45) is -6.72. The van der Waals surface area contributed by atoms with Crippen molar-refractivity contribution < 1.29 is 35.5 Å². The number of hydrogen-bond acceptors (Lipinski definition) is 4. The van der Waals surface area contributed by atoms with Crippen LogP contribution in [0.1, 0.15) is 22.8 Å². The summed E-state index contributed by atoms with van der Waals surface area (Å²) >= 11 is 0. The van der Waals surface area contributed by atoms with Crippen molar-refractivity contribution in [2.24, 2.45) is 0 Å². The van der Waals surface area contributed by atoms with E-state index in [1.54, 1.807) is 29.8 Å². The zero-order chi connectivity index (χ0) is 23.5. The SMILES string of the molecule is Cc1cc[n+]2c(c1)-c1nc(C(F)(F)F)nn1C21n2nc(C)nc2-c2cc(C(F)(F)F)cc[n+]21. The number of halogens is 6. The van der Waals surface area contributed by atoms with Crippen LogP contribution in [0.25, 0.3) is 23.0 Å². The Kier molecular flexibility index (Phi) is 3.45. The van der Waals surface area contributed by atoms with Gasteiger partial charge in [0.2, 0.25) is 11.6 Å². The third kappa shape index (κ3) is 2.37. The van der Waals surface area contributed by atoms with Crippen LogP contribution in [0.5, 0.6) is 0 Å². The van der Waals surface area contributed by atoms with Crippen molar-refractivity contribution in [2.45, 2.75) is 32.1 Å². The van der Waals surface area contributed by atoms with Crippen LogP contribution in [0, 0.1) is 13.8 Å². The van der Waals surface area contributed by atoms with E-state index in [1.165, 1.54) is 16.2 Å². The second-order valence-corrected chi connectivity index (χ2v) is 7.79. The first-order valence-corrected chi connectivity index (χ1v) is 9.58. The second-order valence-electron chi connectivity index (χ2n) is 7.79. The second kappa shape index (κ2) is 5.74. The van der Waals surface area contributed by atoms with Crippen LogP contribution in [0.3, 0.4) is 0 Å². The fourth-order valence-corrected chi connectivity index (χ4v) is 4.36. The molecule has 14 heteroatoms. The summed E-state index contributed by atoms with van der Waals surface area (Å²) < 4.78 is 86.2. The molecule has 4 aromatic rings. The summed E-state index contributed by atoms with van der Waals surface area (Å²) in [5, 5.41) is 8.09. The number of aromatic nitrogens is 8. The largest absolute Gasteiger partial charge is 0.586 e. The summed E-state index contributed by atoms with van der Waals surface area (Å²) in [4.78, 5) is 7.98. The zero-order valence-electron chi connectivity index (χ0n) is 16.8. The van der Waals surface area contributed by atoms with Gasteiger partial charge in [-0.3, -0.25) is 0 Å². The van der Waals surface area contributed by atoms with Crippen LogP contribution in [0.4, 0.5) is 26.3 Å². The van der Waals surface area contributed by atoms with Crippen molar-refractivity contribution in [3.8, 4) is 23.0 Å². The Labute approximate surface area is 180 Å². The number of hydrogen-bond donors (Lipinski definition) is 0. The fourth-order valence-electron chi connectivity index (χ4n) is 4.36. The third-order valence-corrected chi connectivity index (χ3v) is 5.64. The first-order valence-electron chi connectivity index (χ1n) is 9.58. The highest BCUT2D eigenvalue weighted by Crippen LogP contribution is 2.39. The molecule has 4 aromatic heterocycles. The number of pyridine rings is 2. The molecule has 0 saturated carbocycles. The predicted molar refractivity (Wildman–Crippen MR) is 95.0 cm³/mol. The van der Waals surface area contributed by atoms with Gasteiger partial charge in [0.15, 0.2) is 12.4 Å². The molecule has 6 rings (SSSR count). The molecule has 0 amide bonds. The Morgan fingerprint density at radius 3 is 2.06 bits per heavy atom. The molecule has 0 radical (unpaired) electrons. The van der Waals surface area contributed by atoms with Gasteiger partial charge in [0.25, 0.3) is 17.2 Å². The van der Waals surface area contributed by atoms with E-state index >= 15 is 0 Å². The minimum atomic E-state index is -4.83. The van der Waals surface area contributed by atoms with Crippen LogP contribution < -0.4 is 9.13 Å². The van der Waals surface area contributed by atoms with Gasteiger partial charge in [-0.2, -0.15) is 31.3 Å². The van der Waals surface area contributed by atoms with E-state index in [0.717, 1.165) is 28.6 Å². The zero-order valence-corrected chi connectivity index (χ0v) is 16.8. The molecule has 0 aromatic carbocycles. The van der Waals surface area contributed by atoms with Gasteiger partial charge in [0.1, 0.15) is 5.82 Å². The molecule has 1 atom stereocenters. The molecule has 0 saturated heterocycles. The molecule has 8 nitrogen and oxygen atoms in total. The highest BCUT2D eigenvalue weighted by atomic mass is 19.4. The van der Waals surface area contributed by atoms with Crippen molar-refractivity contribution in [3.05, 3.63) is 59.4 Å². The van der Waals surface area contributed by atoms with Gasteiger partial charge in [0.05, 0.1) is 5.56 Å². The topological polar surface area (TPSA) is 69.2 Å². The summed E-state index contributed by atoms with van der Waals surface area (Å²) in [6.45, 7) is 3.30. The lowest BCUT2D eigenvalue weighted by atomic mass is 10.2. The van der Waals surface area contributed by atoms with E-state index in [4.69, 9.17) is 0 Å². The van der Waals surface area contributed by atoms with Gasteiger partial charge >= 0.3 is 18.3 Å². The van der Waals surface area contributed by atoms with Crippen LogP contribution in [-0.2, 0) is 18.3 Å². The first-order chi connectivity index (χ1) is 15.4. The van der Waals surface area contributed by atoms with Crippen molar-refractivity contribution in [1.82, 2.24) is 29.5 Å². The Bertz CT molecular complexity index is 1480. The average Bonchev–Trinajstić information content (AvgIpc) is 3.42. The van der Waals surface area contributed by atoms with Gasteiger partial charge in [0, 0.05) is 24.3 Å². The Morgan fingerprint density at radius 2 is 1.39 bits per heavy atom. The number of alkyl halides is 6. The van der Waals surface area contributed by atoms with Gasteiger partial charge in [-0.1, -0.05) is 18.5 Å². The van der Waals surface area contributed by atoms with Crippen LogP contribution >= 0.6 is 0 Å². The van der Waals surface area contributed by atoms with Gasteiger partial charge < -0.3 is 0 Å². The number of fused-ring (bicyclic) bond motifs is 10. The van der Waals surface area contributed by atoms with Gasteiger partial charge in [-0.05, 0) is 19.4 Å². The van der Waals surface area contributed by atoms with E-state index in [0.29, 0.717) is 0 Å². The quantitative estimate of drug-likeness (QED) is 0.255. The molecule has 6 heterocycles. The molecule has 0 N–H and O–H groups in total. The number of rotatable bonds is 0. The maximum Gasteiger partial charge on any atom is 0.586 e. The molecule has 2 aliphatic heterocycles. The maximum atomic E-state index is 13.5. The molecule has 0 bridgehead atoms. The van der Waals surface area contributed by atoms with Crippen LogP contribution in [-0.4, -0.2) is 29.5 Å². The third-order valence-electron chi connectivity index (χ3n) is 5.64. The lowest BCUT2D eigenvalue weighted by Crippen LogP contribution is -2.77.